The molecule has 54 valence electrons. The third-order valence-electron chi connectivity index (χ3n) is 0.243. The largest absolute Gasteiger partial charge is 2.00 e. The molecule has 3 nitrogen and oxygen atoms in total. The van der Waals surface area contributed by atoms with Crippen LogP contribution in [0.2, 0.25) is 0 Å². The number of carbonyl (C=O) groups is 1. The molecule has 7 heteroatoms. The summed E-state index contributed by atoms with van der Waals surface area (Å²) in [4.78, 5) is 9.62. The van der Waals surface area contributed by atoms with Crippen LogP contribution in [0.4, 0.5) is 0 Å². The van der Waals surface area contributed by atoms with Crippen molar-refractivity contribution in [1.82, 2.24) is 6.15 Å². The van der Waals surface area contributed by atoms with Gasteiger partial charge in [-0.15, -0.1) is 0 Å². The Balaban J connectivity index is -0.0000000300. The minimum absolute atomic E-state index is 0. The van der Waals surface area contributed by atoms with Crippen LogP contribution in [0.15, 0.2) is 0 Å². The molecule has 0 heterocycles. The Hall–Kier alpha value is 1.56. The fraction of sp³-hybridized carbons (Fsp3) is 0.500. The van der Waals surface area contributed by atoms with Gasteiger partial charge in [0, 0.05) is 0 Å². The predicted octanol–water partition coefficient (Wildman–Crippen LogP) is 1.45. The van der Waals surface area contributed by atoms with Crippen LogP contribution in [0, 0.1) is 0 Å². The molecule has 0 bridgehead atoms. The molecule has 0 aromatic rings. The van der Waals surface area contributed by atoms with E-state index in [1.54, 1.807) is 0 Å². The van der Waals surface area contributed by atoms with Crippen molar-refractivity contribution < 1.29 is 12.8 Å². The van der Waals surface area contributed by atoms with Gasteiger partial charge in [0.25, 0.3) is 3.79 Å². The molecule has 0 aromatic carbocycles. The van der Waals surface area contributed by atoms with Crippen molar-refractivity contribution >= 4 is 78.5 Å². The van der Waals surface area contributed by atoms with E-state index in [-0.39, 0.29) is 46.7 Å². The van der Waals surface area contributed by atoms with Gasteiger partial charge in [-0.1, -0.05) is 34.8 Å². The van der Waals surface area contributed by atoms with Crippen molar-refractivity contribution in [3.05, 3.63) is 0 Å². The molecule has 0 aliphatic heterocycles. The van der Waals surface area contributed by atoms with Crippen LogP contribution in [0.25, 0.3) is 0 Å². The van der Waals surface area contributed by atoms with Gasteiger partial charge in [-0.3, -0.25) is 0 Å². The Kier molecular flexibility index (Phi) is 11.8. The van der Waals surface area contributed by atoms with Crippen molar-refractivity contribution in [2.75, 3.05) is 0 Å². The zero-order valence-electron chi connectivity index (χ0n) is 6.40. The van der Waals surface area contributed by atoms with E-state index in [9.17, 15) is 4.79 Å². The maximum atomic E-state index is 9.62. The average molecular weight is 223 g/mol. The quantitative estimate of drug-likeness (QED) is 0.481. The van der Waals surface area contributed by atoms with Crippen LogP contribution < -0.4 is 6.15 Å². The Bertz CT molecular complexity index is 99.8. The van der Waals surface area contributed by atoms with E-state index in [0.29, 0.717) is 0 Å². The first-order valence-corrected chi connectivity index (χ1v) is 2.38. The first-order chi connectivity index (χ1) is 2.94. The molecule has 9 heavy (non-hydrogen) atoms. The van der Waals surface area contributed by atoms with E-state index in [4.69, 9.17) is 39.9 Å². The second-order valence-corrected chi connectivity index (χ2v) is 3.08. The molecule has 0 saturated carbocycles. The van der Waals surface area contributed by atoms with Gasteiger partial charge >= 0.3 is 43.7 Å². The van der Waals surface area contributed by atoms with Crippen LogP contribution in [0.5, 0.6) is 0 Å². The Labute approximate surface area is 100 Å². The van der Waals surface area contributed by atoms with E-state index in [2.05, 4.69) is 0 Å². The van der Waals surface area contributed by atoms with Crippen molar-refractivity contribution in [1.29, 1.82) is 0 Å². The van der Waals surface area contributed by atoms with E-state index < -0.39 is 9.76 Å². The van der Waals surface area contributed by atoms with Gasteiger partial charge in [0.2, 0.25) is 0 Å². The number of rotatable bonds is 0. The summed E-state index contributed by atoms with van der Waals surface area (Å²) in [6.45, 7) is 0. The summed E-state index contributed by atoms with van der Waals surface area (Å²) >= 11 is 14.4. The normalized spacial score (nSPS) is 8.78. The first kappa shape index (κ1) is 16.9. The number of halogens is 3. The van der Waals surface area contributed by atoms with E-state index in [0.717, 1.165) is 0 Å². The van der Waals surface area contributed by atoms with Gasteiger partial charge in [0.05, 0.1) is 0 Å². The Morgan fingerprint density at radius 2 is 1.56 bits per heavy atom. The first-order valence-electron chi connectivity index (χ1n) is 1.24. The topological polar surface area (TPSA) is 72.3 Å². The standard InChI is InChI=1S/C2HCl3O2.Ca.H3N.2H/c3-2(4,5)1(6)7;;;;/h(H,6,7);;1H3;;/q;+2;;2*-1. The predicted molar refractivity (Wildman–Crippen MR) is 40.9 cm³/mol. The monoisotopic (exact) mass is 221 g/mol. The SMILES string of the molecule is N.O=C(O)C(Cl)(Cl)Cl.[Ca+2].[H-].[H-]. The molecule has 0 unspecified atom stereocenters. The maximum Gasteiger partial charge on any atom is 2.00 e. The van der Waals surface area contributed by atoms with Crippen LogP contribution in [-0.2, 0) is 4.79 Å². The Morgan fingerprint density at radius 3 is 1.56 bits per heavy atom. The molecule has 4 N–H and O–H groups in total. The number of carboxylic acids is 1. The molecule has 0 rings (SSSR count). The molecule has 0 amide bonds. The molecule has 0 aliphatic rings. The van der Waals surface area contributed by atoms with E-state index >= 15 is 0 Å². The fourth-order valence-electron chi connectivity index (χ4n) is 0. The second kappa shape index (κ2) is 6.28. The zero-order valence-corrected chi connectivity index (χ0v) is 8.88. The zero-order chi connectivity index (χ0) is 6.08. The van der Waals surface area contributed by atoms with Crippen LogP contribution in [0.3, 0.4) is 0 Å². The third-order valence-corrected chi connectivity index (χ3v) is 0.728. The van der Waals surface area contributed by atoms with Crippen molar-refractivity contribution in [3.63, 3.8) is 0 Å². The van der Waals surface area contributed by atoms with Crippen molar-refractivity contribution in [2.24, 2.45) is 0 Å². The minimum Gasteiger partial charge on any atom is -1.00 e. The number of hydrogen-bond acceptors (Lipinski definition) is 2. The molecule has 0 atom stereocenters. The smallest absolute Gasteiger partial charge is 1.00 e. The van der Waals surface area contributed by atoms with Gasteiger partial charge in [0.1, 0.15) is 0 Å². The van der Waals surface area contributed by atoms with Crippen LogP contribution >= 0.6 is 34.8 Å². The molecule has 0 fully saturated rings. The molecule has 0 radical (unpaired) electrons. The van der Waals surface area contributed by atoms with Gasteiger partial charge in [-0.2, -0.15) is 0 Å². The van der Waals surface area contributed by atoms with Gasteiger partial charge < -0.3 is 14.1 Å². The van der Waals surface area contributed by atoms with Gasteiger partial charge in [-0.25, -0.2) is 4.79 Å². The van der Waals surface area contributed by atoms with Crippen LogP contribution in [0.1, 0.15) is 2.85 Å². The summed E-state index contributed by atoms with van der Waals surface area (Å²) in [5.41, 5.74) is 0. The summed E-state index contributed by atoms with van der Waals surface area (Å²) in [5.74, 6) is -1.46. The second-order valence-electron chi connectivity index (χ2n) is 0.803. The summed E-state index contributed by atoms with van der Waals surface area (Å²) < 4.78 is -2.17. The van der Waals surface area contributed by atoms with E-state index in [1.807, 2.05) is 0 Å². The minimum atomic E-state index is -2.17. The molecule has 0 spiro atoms. The van der Waals surface area contributed by atoms with Crippen LogP contribution in [-0.4, -0.2) is 52.6 Å². The molecular weight excluding hydrogens is 216 g/mol. The van der Waals surface area contributed by atoms with Gasteiger partial charge in [-0.05, 0) is 0 Å². The average Bonchev–Trinajstić information content (AvgIpc) is 1.31. The number of carboxylic acid groups (broad SMARTS) is 1. The Morgan fingerprint density at radius 1 is 1.44 bits per heavy atom. The summed E-state index contributed by atoms with van der Waals surface area (Å²) in [6.07, 6.45) is 0. The van der Waals surface area contributed by atoms with Crippen molar-refractivity contribution in [3.8, 4) is 0 Å². The van der Waals surface area contributed by atoms with E-state index in [1.165, 1.54) is 0 Å². The summed E-state index contributed by atoms with van der Waals surface area (Å²) in [5, 5.41) is 7.85. The maximum absolute atomic E-state index is 9.62. The number of aliphatic carboxylic acids is 1. The number of alkyl halides is 3. The third kappa shape index (κ3) is 9.56. The van der Waals surface area contributed by atoms with Crippen molar-refractivity contribution in [2.45, 2.75) is 3.79 Å². The van der Waals surface area contributed by atoms with Gasteiger partial charge in [0.15, 0.2) is 0 Å². The number of hydrogen-bond donors (Lipinski definition) is 2. The summed E-state index contributed by atoms with van der Waals surface area (Å²) in [6, 6.07) is 0. The molecular formula is C2H6CaCl3NO2. The molecule has 0 saturated heterocycles. The molecule has 0 aromatic heterocycles. The summed E-state index contributed by atoms with van der Waals surface area (Å²) in [7, 11) is 0. The molecule has 0 aliphatic carbocycles. The fourth-order valence-corrected chi connectivity index (χ4v) is 0.